The maximum Gasteiger partial charge on any atom is 0.371 e. The topological polar surface area (TPSA) is 74.0 Å². The fraction of sp³-hybridized carbons (Fsp3) is 0.500. The highest BCUT2D eigenvalue weighted by molar-refractivity contribution is 5.84. The normalized spacial score (nSPS) is 19.0. The summed E-state index contributed by atoms with van der Waals surface area (Å²) in [6.45, 7) is 3.67. The second kappa shape index (κ2) is 4.81. The summed E-state index contributed by atoms with van der Waals surface area (Å²) in [5, 5.41) is 8.80. The number of likely N-dealkylation sites (N-methyl/N-ethyl adjacent to an activating group) is 1. The van der Waals surface area contributed by atoms with E-state index in [1.54, 1.807) is 18.0 Å². The molecule has 0 spiro atoms. The van der Waals surface area contributed by atoms with Crippen LogP contribution in [0.15, 0.2) is 16.5 Å². The SMILES string of the molecule is CC(c1ccc(C(=O)O)o1)N1CCN(C)C(=O)C1. The van der Waals surface area contributed by atoms with E-state index in [4.69, 9.17) is 9.52 Å². The van der Waals surface area contributed by atoms with Crippen LogP contribution in [0.2, 0.25) is 0 Å². The molecule has 1 saturated heterocycles. The molecular formula is C12H16N2O4. The lowest BCUT2D eigenvalue weighted by molar-refractivity contribution is -0.135. The van der Waals surface area contributed by atoms with E-state index in [9.17, 15) is 9.59 Å². The predicted molar refractivity (Wildman–Crippen MR) is 63.3 cm³/mol. The van der Waals surface area contributed by atoms with Crippen LogP contribution in [0.25, 0.3) is 0 Å². The molecule has 0 saturated carbocycles. The van der Waals surface area contributed by atoms with E-state index < -0.39 is 5.97 Å². The summed E-state index contributed by atoms with van der Waals surface area (Å²) in [5.74, 6) is -0.511. The van der Waals surface area contributed by atoms with Gasteiger partial charge in [-0.3, -0.25) is 9.69 Å². The molecule has 0 radical (unpaired) electrons. The van der Waals surface area contributed by atoms with Gasteiger partial charge < -0.3 is 14.4 Å². The van der Waals surface area contributed by atoms with E-state index in [-0.39, 0.29) is 17.7 Å². The van der Waals surface area contributed by atoms with E-state index in [2.05, 4.69) is 0 Å². The van der Waals surface area contributed by atoms with Crippen molar-refractivity contribution in [3.63, 3.8) is 0 Å². The van der Waals surface area contributed by atoms with Gasteiger partial charge in [-0.15, -0.1) is 0 Å². The summed E-state index contributed by atoms with van der Waals surface area (Å²) in [7, 11) is 1.78. The van der Waals surface area contributed by atoms with Crippen molar-refractivity contribution in [2.24, 2.45) is 0 Å². The number of carboxylic acid groups (broad SMARTS) is 1. The highest BCUT2D eigenvalue weighted by Crippen LogP contribution is 2.23. The zero-order valence-corrected chi connectivity index (χ0v) is 10.4. The first-order valence-corrected chi connectivity index (χ1v) is 5.80. The Hall–Kier alpha value is -1.82. The first kappa shape index (κ1) is 12.6. The average molecular weight is 252 g/mol. The smallest absolute Gasteiger partial charge is 0.371 e. The molecule has 1 fully saturated rings. The van der Waals surface area contributed by atoms with Gasteiger partial charge in [0, 0.05) is 20.1 Å². The number of rotatable bonds is 3. The molecule has 1 N–H and O–H groups in total. The molecule has 1 aromatic rings. The molecule has 0 aliphatic carbocycles. The van der Waals surface area contributed by atoms with Crippen molar-refractivity contribution >= 4 is 11.9 Å². The molecule has 98 valence electrons. The summed E-state index contributed by atoms with van der Waals surface area (Å²) in [6.07, 6.45) is 0. The van der Waals surface area contributed by atoms with Crippen molar-refractivity contribution in [1.29, 1.82) is 0 Å². The maximum atomic E-state index is 11.6. The predicted octanol–water partition coefficient (Wildman–Crippen LogP) is 0.813. The van der Waals surface area contributed by atoms with Gasteiger partial charge >= 0.3 is 5.97 Å². The summed E-state index contributed by atoms with van der Waals surface area (Å²) in [5.41, 5.74) is 0. The van der Waals surface area contributed by atoms with Gasteiger partial charge in [0.1, 0.15) is 5.76 Å². The van der Waals surface area contributed by atoms with E-state index in [1.165, 1.54) is 6.07 Å². The molecule has 1 aliphatic rings. The van der Waals surface area contributed by atoms with Gasteiger partial charge in [0.15, 0.2) is 0 Å². The highest BCUT2D eigenvalue weighted by atomic mass is 16.4. The summed E-state index contributed by atoms with van der Waals surface area (Å²) in [4.78, 5) is 26.0. The molecule has 6 nitrogen and oxygen atoms in total. The minimum Gasteiger partial charge on any atom is -0.475 e. The van der Waals surface area contributed by atoms with E-state index >= 15 is 0 Å². The van der Waals surface area contributed by atoms with Crippen LogP contribution < -0.4 is 0 Å². The largest absolute Gasteiger partial charge is 0.475 e. The molecule has 1 aromatic heterocycles. The number of carboxylic acids is 1. The minimum absolute atomic E-state index is 0.0677. The van der Waals surface area contributed by atoms with Crippen molar-refractivity contribution < 1.29 is 19.1 Å². The van der Waals surface area contributed by atoms with Crippen LogP contribution in [0, 0.1) is 0 Å². The Morgan fingerprint density at radius 1 is 1.44 bits per heavy atom. The Bertz CT molecular complexity index is 468. The Morgan fingerprint density at radius 2 is 2.17 bits per heavy atom. The summed E-state index contributed by atoms with van der Waals surface area (Å²) < 4.78 is 5.26. The van der Waals surface area contributed by atoms with Crippen LogP contribution in [0.4, 0.5) is 0 Å². The Balaban J connectivity index is 2.08. The Morgan fingerprint density at radius 3 is 2.72 bits per heavy atom. The van der Waals surface area contributed by atoms with Crippen molar-refractivity contribution in [2.75, 3.05) is 26.7 Å². The molecular weight excluding hydrogens is 236 g/mol. The monoisotopic (exact) mass is 252 g/mol. The first-order chi connectivity index (χ1) is 8.49. The molecule has 0 aromatic carbocycles. The molecule has 1 amide bonds. The fourth-order valence-electron chi connectivity index (χ4n) is 1.98. The van der Waals surface area contributed by atoms with E-state index in [0.717, 1.165) is 6.54 Å². The number of piperazine rings is 1. The van der Waals surface area contributed by atoms with Gasteiger partial charge in [0.05, 0.1) is 12.6 Å². The molecule has 0 bridgehead atoms. The lowest BCUT2D eigenvalue weighted by Crippen LogP contribution is -2.49. The van der Waals surface area contributed by atoms with Crippen molar-refractivity contribution in [1.82, 2.24) is 9.80 Å². The standard InChI is InChI=1S/C12H16N2O4/c1-8(9-3-4-10(18-9)12(16)17)14-6-5-13(2)11(15)7-14/h3-4,8H,5-7H2,1-2H3,(H,16,17). The maximum absolute atomic E-state index is 11.6. The van der Waals surface area contributed by atoms with Crippen LogP contribution in [0.1, 0.15) is 29.3 Å². The lowest BCUT2D eigenvalue weighted by atomic mass is 10.2. The van der Waals surface area contributed by atoms with Gasteiger partial charge in [0.2, 0.25) is 11.7 Å². The summed E-state index contributed by atoms with van der Waals surface area (Å²) >= 11 is 0. The average Bonchev–Trinajstić information content (AvgIpc) is 2.81. The third kappa shape index (κ3) is 2.38. The van der Waals surface area contributed by atoms with Crippen LogP contribution in [-0.4, -0.2) is 53.5 Å². The van der Waals surface area contributed by atoms with Crippen molar-refractivity contribution in [2.45, 2.75) is 13.0 Å². The number of carbonyl (C=O) groups excluding carboxylic acids is 1. The van der Waals surface area contributed by atoms with Gasteiger partial charge in [-0.2, -0.15) is 0 Å². The molecule has 2 rings (SSSR count). The van der Waals surface area contributed by atoms with Gasteiger partial charge in [-0.25, -0.2) is 4.79 Å². The van der Waals surface area contributed by atoms with E-state index in [1.807, 2.05) is 11.8 Å². The lowest BCUT2D eigenvalue weighted by Gasteiger charge is -2.35. The molecule has 18 heavy (non-hydrogen) atoms. The van der Waals surface area contributed by atoms with Crippen LogP contribution in [0.5, 0.6) is 0 Å². The quantitative estimate of drug-likeness (QED) is 0.861. The van der Waals surface area contributed by atoms with Gasteiger partial charge in [0.25, 0.3) is 0 Å². The second-order valence-corrected chi connectivity index (χ2v) is 4.47. The number of furan rings is 1. The molecule has 1 unspecified atom stereocenters. The highest BCUT2D eigenvalue weighted by Gasteiger charge is 2.27. The number of carbonyl (C=O) groups is 2. The minimum atomic E-state index is -1.08. The number of aromatic carboxylic acids is 1. The number of nitrogens with zero attached hydrogens (tertiary/aromatic N) is 2. The van der Waals surface area contributed by atoms with Gasteiger partial charge in [-0.1, -0.05) is 0 Å². The number of hydrogen-bond acceptors (Lipinski definition) is 4. The van der Waals surface area contributed by atoms with Crippen LogP contribution in [-0.2, 0) is 4.79 Å². The van der Waals surface area contributed by atoms with E-state index in [0.29, 0.717) is 18.8 Å². The van der Waals surface area contributed by atoms with Crippen molar-refractivity contribution in [3.8, 4) is 0 Å². The molecule has 2 heterocycles. The zero-order chi connectivity index (χ0) is 13.3. The van der Waals surface area contributed by atoms with Gasteiger partial charge in [-0.05, 0) is 19.1 Å². The summed E-state index contributed by atoms with van der Waals surface area (Å²) in [6, 6.07) is 2.99. The van der Waals surface area contributed by atoms with Crippen LogP contribution >= 0.6 is 0 Å². The Kier molecular flexibility index (Phi) is 3.38. The first-order valence-electron chi connectivity index (χ1n) is 5.80. The molecule has 1 aliphatic heterocycles. The number of amides is 1. The van der Waals surface area contributed by atoms with Crippen molar-refractivity contribution in [3.05, 3.63) is 23.7 Å². The molecule has 1 atom stereocenters. The Labute approximate surface area is 105 Å². The number of hydrogen-bond donors (Lipinski definition) is 1. The third-order valence-corrected chi connectivity index (χ3v) is 3.28. The molecule has 6 heteroatoms. The van der Waals surface area contributed by atoms with Crippen LogP contribution in [0.3, 0.4) is 0 Å². The zero-order valence-electron chi connectivity index (χ0n) is 10.4. The fourth-order valence-corrected chi connectivity index (χ4v) is 1.98. The third-order valence-electron chi connectivity index (χ3n) is 3.28. The second-order valence-electron chi connectivity index (χ2n) is 4.47.